The summed E-state index contributed by atoms with van der Waals surface area (Å²) >= 11 is -1.68. The number of nitrogens with zero attached hydrogens (tertiary/aromatic N) is 1. The fourth-order valence-electron chi connectivity index (χ4n) is 2.75. The molecule has 0 amide bonds. The van der Waals surface area contributed by atoms with E-state index in [-0.39, 0.29) is 0 Å². The van der Waals surface area contributed by atoms with Gasteiger partial charge in [0.25, 0.3) is 0 Å². The van der Waals surface area contributed by atoms with E-state index < -0.39 is 18.4 Å². The third-order valence-corrected chi connectivity index (χ3v) is 11.0. The molecule has 1 unspecified atom stereocenters. The Morgan fingerprint density at radius 1 is 1.12 bits per heavy atom. The number of rotatable bonds is 1. The zero-order valence-corrected chi connectivity index (χ0v) is 12.8. The van der Waals surface area contributed by atoms with E-state index in [1.54, 1.807) is 5.57 Å². The van der Waals surface area contributed by atoms with Gasteiger partial charge < -0.3 is 0 Å². The van der Waals surface area contributed by atoms with Crippen molar-refractivity contribution in [3.8, 4) is 0 Å². The van der Waals surface area contributed by atoms with Crippen LogP contribution in [0.1, 0.15) is 11.6 Å². The molecule has 1 aromatic rings. The zero-order chi connectivity index (χ0) is 11.2. The number of hydrogen-bond donors (Lipinski definition) is 0. The van der Waals surface area contributed by atoms with E-state index in [2.05, 4.69) is 46.3 Å². The molecule has 1 atom stereocenters. The van der Waals surface area contributed by atoms with Crippen molar-refractivity contribution in [1.29, 1.82) is 0 Å². The Morgan fingerprint density at radius 3 is 2.56 bits per heavy atom. The van der Waals surface area contributed by atoms with E-state index in [1.807, 2.05) is 0 Å². The van der Waals surface area contributed by atoms with Gasteiger partial charge in [0.1, 0.15) is 0 Å². The van der Waals surface area contributed by atoms with Crippen LogP contribution in [0.3, 0.4) is 0 Å². The van der Waals surface area contributed by atoms with Crippen molar-refractivity contribution in [2.24, 2.45) is 4.99 Å². The van der Waals surface area contributed by atoms with Crippen molar-refractivity contribution in [1.82, 2.24) is 0 Å². The first-order valence-electron chi connectivity index (χ1n) is 5.97. The summed E-state index contributed by atoms with van der Waals surface area (Å²) in [5.74, 6) is 0. The summed E-state index contributed by atoms with van der Waals surface area (Å²) in [6, 6.07) is 11.0. The van der Waals surface area contributed by atoms with Crippen LogP contribution < -0.4 is 0 Å². The Kier molecular flexibility index (Phi) is 2.46. The van der Waals surface area contributed by atoms with Crippen LogP contribution in [0.25, 0.3) is 0 Å². The normalized spacial score (nSPS) is 26.2. The van der Waals surface area contributed by atoms with Crippen LogP contribution in [0.2, 0.25) is 18.8 Å². The molecule has 2 heteroatoms. The van der Waals surface area contributed by atoms with Gasteiger partial charge in [-0.1, -0.05) is 0 Å². The van der Waals surface area contributed by atoms with Crippen LogP contribution >= 0.6 is 0 Å². The maximum absolute atomic E-state index is 4.89. The average Bonchev–Trinajstić information content (AvgIpc) is 2.72. The molecule has 2 heterocycles. The van der Waals surface area contributed by atoms with Crippen molar-refractivity contribution in [2.75, 3.05) is 0 Å². The van der Waals surface area contributed by atoms with E-state index in [4.69, 9.17) is 4.99 Å². The van der Waals surface area contributed by atoms with Gasteiger partial charge in [-0.05, 0) is 0 Å². The second-order valence-electron chi connectivity index (χ2n) is 5.64. The van der Waals surface area contributed by atoms with E-state index in [1.165, 1.54) is 20.1 Å². The van der Waals surface area contributed by atoms with Crippen molar-refractivity contribution in [3.05, 3.63) is 47.5 Å². The molecule has 3 rings (SSSR count). The van der Waals surface area contributed by atoms with Gasteiger partial charge >= 0.3 is 101 Å². The average molecular weight is 318 g/mol. The molecular weight excluding hydrogens is 301 g/mol. The molecule has 2 aliphatic rings. The molecule has 0 spiro atoms. The summed E-state index contributed by atoms with van der Waals surface area (Å²) in [5.41, 5.74) is 4.36. The summed E-state index contributed by atoms with van der Waals surface area (Å²) in [5, 5.41) is 0. The summed E-state index contributed by atoms with van der Waals surface area (Å²) < 4.78 is 2.75. The minimum absolute atomic E-state index is 0.314. The fourth-order valence-corrected chi connectivity index (χ4v) is 10.5. The number of fused-ring (bicyclic) bond motifs is 1. The van der Waals surface area contributed by atoms with E-state index in [0.29, 0.717) is 6.04 Å². The third-order valence-electron chi connectivity index (χ3n) is 3.48. The maximum atomic E-state index is 4.89. The monoisotopic (exact) mass is 319 g/mol. The molecule has 0 aliphatic carbocycles. The number of allylic oxidation sites excluding steroid dienone is 1. The minimum atomic E-state index is -1.68. The van der Waals surface area contributed by atoms with Crippen LogP contribution in [0.4, 0.5) is 0 Å². The second-order valence-corrected chi connectivity index (χ2v) is 20.0. The van der Waals surface area contributed by atoms with Gasteiger partial charge in [0.2, 0.25) is 0 Å². The predicted octanol–water partition coefficient (Wildman–Crippen LogP) is 3.83. The third kappa shape index (κ3) is 1.86. The van der Waals surface area contributed by atoms with Crippen molar-refractivity contribution in [2.45, 2.75) is 24.8 Å². The first-order valence-corrected chi connectivity index (χ1v) is 15.7. The Bertz CT molecular complexity index is 447. The summed E-state index contributed by atoms with van der Waals surface area (Å²) in [6.07, 6.45) is 2.40. The molecule has 2 aliphatic heterocycles. The van der Waals surface area contributed by atoms with Gasteiger partial charge in [0, 0.05) is 0 Å². The molecule has 1 nitrogen and oxygen atoms in total. The van der Waals surface area contributed by atoms with Gasteiger partial charge in [-0.3, -0.25) is 0 Å². The zero-order valence-electron chi connectivity index (χ0n) is 9.90. The van der Waals surface area contributed by atoms with Crippen LogP contribution in [0.5, 0.6) is 0 Å². The molecule has 0 radical (unpaired) electrons. The molecule has 0 N–H and O–H groups in total. The van der Waals surface area contributed by atoms with Crippen molar-refractivity contribution in [3.63, 3.8) is 0 Å². The SMILES string of the molecule is [CH3][Sn]1([CH3])[CH2]C2=CC(c3ccccc3)N=C2[CH2]1. The number of aliphatic imine (C=N–C) groups is 1. The summed E-state index contributed by atoms with van der Waals surface area (Å²) in [4.78, 5) is 9.96. The molecule has 1 aromatic carbocycles. The van der Waals surface area contributed by atoms with Crippen molar-refractivity contribution < 1.29 is 0 Å². The van der Waals surface area contributed by atoms with Crippen LogP contribution in [-0.4, -0.2) is 24.1 Å². The van der Waals surface area contributed by atoms with Gasteiger partial charge in [0.05, 0.1) is 0 Å². The van der Waals surface area contributed by atoms with Gasteiger partial charge in [-0.2, -0.15) is 0 Å². The molecule has 0 aromatic heterocycles. The van der Waals surface area contributed by atoms with Crippen LogP contribution in [0.15, 0.2) is 47.0 Å². The summed E-state index contributed by atoms with van der Waals surface area (Å²) in [7, 11) is 0. The first-order chi connectivity index (χ1) is 7.64. The van der Waals surface area contributed by atoms with Gasteiger partial charge in [-0.15, -0.1) is 0 Å². The Labute approximate surface area is 101 Å². The quantitative estimate of drug-likeness (QED) is 0.698. The van der Waals surface area contributed by atoms with E-state index in [9.17, 15) is 0 Å². The first kappa shape index (κ1) is 10.6. The van der Waals surface area contributed by atoms with Crippen LogP contribution in [-0.2, 0) is 0 Å². The molecule has 82 valence electrons. The predicted molar refractivity (Wildman–Crippen MR) is 71.8 cm³/mol. The Balaban J connectivity index is 1.89. The molecule has 16 heavy (non-hydrogen) atoms. The summed E-state index contributed by atoms with van der Waals surface area (Å²) in [6.45, 7) is 0. The van der Waals surface area contributed by atoms with E-state index in [0.717, 1.165) is 0 Å². The van der Waals surface area contributed by atoms with Gasteiger partial charge in [0.15, 0.2) is 0 Å². The number of hydrogen-bond acceptors (Lipinski definition) is 1. The topological polar surface area (TPSA) is 12.4 Å². The van der Waals surface area contributed by atoms with E-state index >= 15 is 0 Å². The molecule has 0 saturated carbocycles. The number of benzene rings is 1. The van der Waals surface area contributed by atoms with Crippen LogP contribution in [0, 0.1) is 0 Å². The standard InChI is InChI=1S/C12H11N.2CH3.Sn/c1-9-8-12(13-10(9)2)11-6-4-3-5-7-11;;;/h3-8,12H,1-2H2;2*1H3;. The molecular formula is C14H17NSn. The molecule has 0 bridgehead atoms. The molecule has 1 saturated heterocycles. The second kappa shape index (κ2) is 3.73. The Morgan fingerprint density at radius 2 is 1.88 bits per heavy atom. The Hall–Kier alpha value is -0.571. The molecule has 1 fully saturated rings. The van der Waals surface area contributed by atoms with Gasteiger partial charge in [-0.25, -0.2) is 0 Å². The fraction of sp³-hybridized carbons (Fsp3) is 0.357. The van der Waals surface area contributed by atoms with Crippen molar-refractivity contribution >= 4 is 24.1 Å².